The summed E-state index contributed by atoms with van der Waals surface area (Å²) in [7, 11) is 0. The van der Waals surface area contributed by atoms with Crippen LogP contribution in [0.5, 0.6) is 0 Å². The lowest BCUT2D eigenvalue weighted by atomic mass is 10.6. The standard InChI is InChI=1S/C4Br3NO2S/c5-1-2(8(9)10)4(7)11-3(1)6. The van der Waals surface area contributed by atoms with Crippen LogP contribution in [0.1, 0.15) is 0 Å². The van der Waals surface area contributed by atoms with Gasteiger partial charge in [-0.3, -0.25) is 10.1 Å². The van der Waals surface area contributed by atoms with Gasteiger partial charge in [0, 0.05) is 0 Å². The van der Waals surface area contributed by atoms with Gasteiger partial charge in [0.25, 0.3) is 0 Å². The van der Waals surface area contributed by atoms with E-state index in [0.29, 0.717) is 8.26 Å². The SMILES string of the molecule is O=[N+]([O-])c1c(Br)sc(Br)c1Br. The predicted octanol–water partition coefficient (Wildman–Crippen LogP) is 3.94. The Morgan fingerprint density at radius 3 is 2.00 bits per heavy atom. The molecule has 0 aliphatic carbocycles. The monoisotopic (exact) mass is 363 g/mol. The number of halogens is 3. The van der Waals surface area contributed by atoms with Gasteiger partial charge >= 0.3 is 5.69 Å². The van der Waals surface area contributed by atoms with E-state index >= 15 is 0 Å². The molecule has 0 spiro atoms. The quantitative estimate of drug-likeness (QED) is 0.558. The average molecular weight is 366 g/mol. The van der Waals surface area contributed by atoms with Gasteiger partial charge in [-0.1, -0.05) is 0 Å². The molecular weight excluding hydrogens is 366 g/mol. The van der Waals surface area contributed by atoms with Gasteiger partial charge < -0.3 is 0 Å². The van der Waals surface area contributed by atoms with Gasteiger partial charge in [0.05, 0.1) is 8.71 Å². The highest BCUT2D eigenvalue weighted by Gasteiger charge is 2.22. The molecule has 0 aliphatic heterocycles. The summed E-state index contributed by atoms with van der Waals surface area (Å²) in [5, 5.41) is 10.4. The molecule has 0 saturated carbocycles. The van der Waals surface area contributed by atoms with Gasteiger partial charge in [0.1, 0.15) is 4.47 Å². The number of thiophene rings is 1. The minimum Gasteiger partial charge on any atom is -0.258 e. The molecule has 0 amide bonds. The van der Waals surface area contributed by atoms with E-state index in [4.69, 9.17) is 0 Å². The molecule has 0 bridgehead atoms. The molecule has 1 aromatic rings. The van der Waals surface area contributed by atoms with E-state index in [-0.39, 0.29) is 5.69 Å². The Labute approximate surface area is 91.3 Å². The van der Waals surface area contributed by atoms with Crippen molar-refractivity contribution in [3.63, 3.8) is 0 Å². The van der Waals surface area contributed by atoms with Gasteiger partial charge in [-0.25, -0.2) is 0 Å². The molecule has 0 radical (unpaired) electrons. The van der Waals surface area contributed by atoms with Crippen molar-refractivity contribution in [1.29, 1.82) is 0 Å². The third-order valence-electron chi connectivity index (χ3n) is 0.928. The lowest BCUT2D eigenvalue weighted by molar-refractivity contribution is -0.386. The van der Waals surface area contributed by atoms with Gasteiger partial charge in [0.2, 0.25) is 0 Å². The van der Waals surface area contributed by atoms with Crippen LogP contribution in [0.4, 0.5) is 5.69 Å². The molecule has 0 atom stereocenters. The maximum atomic E-state index is 10.4. The van der Waals surface area contributed by atoms with Crippen LogP contribution in [0.3, 0.4) is 0 Å². The molecule has 0 saturated heterocycles. The normalized spacial score (nSPS) is 10.1. The van der Waals surface area contributed by atoms with Crippen molar-refractivity contribution in [1.82, 2.24) is 0 Å². The lowest BCUT2D eigenvalue weighted by Crippen LogP contribution is -1.85. The number of rotatable bonds is 1. The van der Waals surface area contributed by atoms with Crippen molar-refractivity contribution in [3.05, 3.63) is 22.2 Å². The molecule has 1 heterocycles. The number of nitrogens with zero attached hydrogens (tertiary/aromatic N) is 1. The summed E-state index contributed by atoms with van der Waals surface area (Å²) in [5.41, 5.74) is 0.0712. The summed E-state index contributed by atoms with van der Waals surface area (Å²) in [6, 6.07) is 0. The fourth-order valence-corrected chi connectivity index (χ4v) is 4.26. The lowest BCUT2D eigenvalue weighted by Gasteiger charge is -1.86. The molecule has 1 rings (SSSR count). The second kappa shape index (κ2) is 3.51. The summed E-state index contributed by atoms with van der Waals surface area (Å²) in [4.78, 5) is 9.95. The first-order valence-electron chi connectivity index (χ1n) is 2.31. The summed E-state index contributed by atoms with van der Waals surface area (Å²) in [6.45, 7) is 0. The first-order chi connectivity index (χ1) is 5.04. The number of hydrogen-bond acceptors (Lipinski definition) is 3. The van der Waals surface area contributed by atoms with E-state index in [1.165, 1.54) is 11.3 Å². The van der Waals surface area contributed by atoms with E-state index in [9.17, 15) is 10.1 Å². The van der Waals surface area contributed by atoms with Crippen molar-refractivity contribution in [2.75, 3.05) is 0 Å². The van der Waals surface area contributed by atoms with Crippen molar-refractivity contribution < 1.29 is 4.92 Å². The molecule has 0 N–H and O–H groups in total. The summed E-state index contributed by atoms with van der Waals surface area (Å²) >= 11 is 10.6. The Hall–Kier alpha value is 0.540. The van der Waals surface area contributed by atoms with Crippen LogP contribution in [0, 0.1) is 10.1 Å². The zero-order valence-corrected chi connectivity index (χ0v) is 10.4. The first kappa shape index (κ1) is 9.63. The topological polar surface area (TPSA) is 43.1 Å². The number of nitro groups is 1. The van der Waals surface area contributed by atoms with Crippen molar-refractivity contribution >= 4 is 64.8 Å². The Bertz CT molecular complexity index is 311. The zero-order chi connectivity index (χ0) is 8.59. The minimum absolute atomic E-state index is 0.0712. The largest absolute Gasteiger partial charge is 0.309 e. The molecule has 1 aromatic heterocycles. The molecule has 0 aromatic carbocycles. The summed E-state index contributed by atoms with van der Waals surface area (Å²) < 4.78 is 1.72. The van der Waals surface area contributed by atoms with Crippen LogP contribution >= 0.6 is 59.1 Å². The minimum atomic E-state index is -0.435. The van der Waals surface area contributed by atoms with E-state index < -0.39 is 4.92 Å². The van der Waals surface area contributed by atoms with Gasteiger partial charge in [0.15, 0.2) is 3.79 Å². The predicted molar refractivity (Wildman–Crippen MR) is 54.1 cm³/mol. The van der Waals surface area contributed by atoms with Crippen LogP contribution in [0.25, 0.3) is 0 Å². The molecule has 0 aliphatic rings. The van der Waals surface area contributed by atoms with E-state index in [0.717, 1.165) is 3.79 Å². The molecule has 11 heavy (non-hydrogen) atoms. The van der Waals surface area contributed by atoms with Gasteiger partial charge in [-0.15, -0.1) is 11.3 Å². The van der Waals surface area contributed by atoms with Crippen LogP contribution in [0.15, 0.2) is 12.0 Å². The van der Waals surface area contributed by atoms with E-state index in [1.54, 1.807) is 0 Å². The highest BCUT2D eigenvalue weighted by atomic mass is 79.9. The van der Waals surface area contributed by atoms with Crippen LogP contribution in [0.2, 0.25) is 0 Å². The summed E-state index contributed by atoms with van der Waals surface area (Å²) in [6.07, 6.45) is 0. The van der Waals surface area contributed by atoms with E-state index in [1.807, 2.05) is 0 Å². The Kier molecular flexibility index (Phi) is 3.07. The maximum absolute atomic E-state index is 10.4. The zero-order valence-electron chi connectivity index (χ0n) is 4.81. The smallest absolute Gasteiger partial charge is 0.258 e. The van der Waals surface area contributed by atoms with Crippen LogP contribution in [-0.2, 0) is 0 Å². The average Bonchev–Trinajstić information content (AvgIpc) is 2.07. The third kappa shape index (κ3) is 1.82. The Morgan fingerprint density at radius 2 is 1.82 bits per heavy atom. The number of hydrogen-bond donors (Lipinski definition) is 0. The molecule has 7 heteroatoms. The molecule has 3 nitrogen and oxygen atoms in total. The summed E-state index contributed by atoms with van der Waals surface area (Å²) in [5.74, 6) is 0. The molecule has 60 valence electrons. The van der Waals surface area contributed by atoms with Crippen molar-refractivity contribution in [3.8, 4) is 0 Å². The van der Waals surface area contributed by atoms with E-state index in [2.05, 4.69) is 47.8 Å². The van der Waals surface area contributed by atoms with Crippen LogP contribution < -0.4 is 0 Å². The highest BCUT2D eigenvalue weighted by molar-refractivity contribution is 9.14. The molecule has 0 unspecified atom stereocenters. The molecule has 0 fully saturated rings. The maximum Gasteiger partial charge on any atom is 0.309 e. The van der Waals surface area contributed by atoms with Gasteiger partial charge in [-0.05, 0) is 47.8 Å². The Morgan fingerprint density at radius 1 is 1.27 bits per heavy atom. The molecular formula is C4Br3NO2S. The van der Waals surface area contributed by atoms with Gasteiger partial charge in [-0.2, -0.15) is 0 Å². The third-order valence-corrected chi connectivity index (χ3v) is 4.99. The Balaban J connectivity index is 3.34. The second-order valence-electron chi connectivity index (χ2n) is 1.57. The second-order valence-corrected chi connectivity index (χ2v) is 6.02. The van der Waals surface area contributed by atoms with Crippen LogP contribution in [-0.4, -0.2) is 4.92 Å². The van der Waals surface area contributed by atoms with Crippen molar-refractivity contribution in [2.24, 2.45) is 0 Å². The highest BCUT2D eigenvalue weighted by Crippen LogP contribution is 2.45. The first-order valence-corrected chi connectivity index (χ1v) is 5.51. The fraction of sp³-hybridized carbons (Fsp3) is 0. The fourth-order valence-electron chi connectivity index (χ4n) is 0.503. The van der Waals surface area contributed by atoms with Crippen molar-refractivity contribution in [2.45, 2.75) is 0 Å².